The van der Waals surface area contributed by atoms with Crippen LogP contribution in [0.1, 0.15) is 17.2 Å². The van der Waals surface area contributed by atoms with Gasteiger partial charge < -0.3 is 4.74 Å². The Labute approximate surface area is 118 Å². The van der Waals surface area contributed by atoms with E-state index < -0.39 is 24.3 Å². The van der Waals surface area contributed by atoms with E-state index in [0.29, 0.717) is 11.1 Å². The van der Waals surface area contributed by atoms with Gasteiger partial charge in [-0.3, -0.25) is 5.84 Å². The van der Waals surface area contributed by atoms with Crippen molar-refractivity contribution >= 4 is 0 Å². The number of hydrazine groups is 1. The molecule has 1 unspecified atom stereocenters. The minimum Gasteiger partial charge on any atom is -0.435 e. The number of ether oxygens (including phenoxy) is 1. The van der Waals surface area contributed by atoms with Crippen molar-refractivity contribution in [3.63, 3.8) is 0 Å². The van der Waals surface area contributed by atoms with Crippen LogP contribution in [-0.4, -0.2) is 6.61 Å². The second-order valence-electron chi connectivity index (χ2n) is 4.22. The zero-order valence-electron chi connectivity index (χ0n) is 10.7. The van der Waals surface area contributed by atoms with E-state index in [1.165, 1.54) is 30.3 Å². The van der Waals surface area contributed by atoms with E-state index in [4.69, 9.17) is 5.84 Å². The van der Waals surface area contributed by atoms with E-state index >= 15 is 0 Å². The minimum absolute atomic E-state index is 0.00481. The lowest BCUT2D eigenvalue weighted by Gasteiger charge is -2.17. The molecule has 21 heavy (non-hydrogen) atoms. The molecule has 0 spiro atoms. The van der Waals surface area contributed by atoms with Gasteiger partial charge in [0.2, 0.25) is 0 Å². The van der Waals surface area contributed by atoms with Crippen LogP contribution in [0.25, 0.3) is 0 Å². The van der Waals surface area contributed by atoms with Gasteiger partial charge in [-0.1, -0.05) is 18.2 Å². The molecule has 3 nitrogen and oxygen atoms in total. The van der Waals surface area contributed by atoms with Crippen LogP contribution in [0, 0.1) is 11.6 Å². The predicted octanol–water partition coefficient (Wildman–Crippen LogP) is 3.12. The fraction of sp³-hybridized carbons (Fsp3) is 0.143. The predicted molar refractivity (Wildman–Crippen MR) is 68.6 cm³/mol. The van der Waals surface area contributed by atoms with Crippen molar-refractivity contribution in [1.82, 2.24) is 5.43 Å². The van der Waals surface area contributed by atoms with E-state index in [-0.39, 0.29) is 5.75 Å². The largest absolute Gasteiger partial charge is 0.435 e. The van der Waals surface area contributed by atoms with Crippen LogP contribution in [0.15, 0.2) is 42.5 Å². The highest BCUT2D eigenvalue weighted by molar-refractivity contribution is 5.35. The maximum absolute atomic E-state index is 13.3. The summed E-state index contributed by atoms with van der Waals surface area (Å²) in [5.74, 6) is 3.46. The number of halogens is 4. The first-order chi connectivity index (χ1) is 10.0. The topological polar surface area (TPSA) is 47.3 Å². The first-order valence-electron chi connectivity index (χ1n) is 5.97. The van der Waals surface area contributed by atoms with Crippen molar-refractivity contribution in [2.75, 3.05) is 0 Å². The molecule has 0 radical (unpaired) electrons. The van der Waals surface area contributed by atoms with E-state index in [9.17, 15) is 17.6 Å². The summed E-state index contributed by atoms with van der Waals surface area (Å²) in [5.41, 5.74) is 3.45. The number of hydrogen-bond acceptors (Lipinski definition) is 3. The maximum atomic E-state index is 13.3. The Morgan fingerprint density at radius 2 is 1.52 bits per heavy atom. The molecule has 0 amide bonds. The van der Waals surface area contributed by atoms with Crippen molar-refractivity contribution in [3.8, 4) is 5.75 Å². The molecular weight excluding hydrogens is 288 g/mol. The molecule has 2 aromatic carbocycles. The van der Waals surface area contributed by atoms with E-state index in [1.54, 1.807) is 0 Å². The minimum atomic E-state index is -2.91. The van der Waals surface area contributed by atoms with Crippen LogP contribution in [0.4, 0.5) is 17.6 Å². The first kappa shape index (κ1) is 15.3. The van der Waals surface area contributed by atoms with Gasteiger partial charge in [0, 0.05) is 0 Å². The molecule has 1 atom stereocenters. The van der Waals surface area contributed by atoms with Gasteiger partial charge in [0.15, 0.2) is 11.6 Å². The molecule has 7 heteroatoms. The quantitative estimate of drug-likeness (QED) is 0.507. The molecule has 3 N–H and O–H groups in total. The molecule has 0 bridgehead atoms. The van der Waals surface area contributed by atoms with Crippen molar-refractivity contribution in [2.45, 2.75) is 12.7 Å². The van der Waals surface area contributed by atoms with Gasteiger partial charge >= 0.3 is 6.61 Å². The molecule has 0 fully saturated rings. The second-order valence-corrected chi connectivity index (χ2v) is 4.22. The fourth-order valence-corrected chi connectivity index (χ4v) is 1.92. The number of benzene rings is 2. The van der Waals surface area contributed by atoms with Crippen molar-refractivity contribution in [2.24, 2.45) is 5.84 Å². The molecule has 2 aromatic rings. The van der Waals surface area contributed by atoms with E-state index in [1.807, 2.05) is 0 Å². The Morgan fingerprint density at radius 3 is 2.05 bits per heavy atom. The summed E-state index contributed by atoms with van der Waals surface area (Å²) in [6.45, 7) is -2.91. The van der Waals surface area contributed by atoms with Gasteiger partial charge in [0.1, 0.15) is 5.75 Å². The molecule has 2 rings (SSSR count). The van der Waals surface area contributed by atoms with Crippen LogP contribution >= 0.6 is 0 Å². The van der Waals surface area contributed by atoms with Crippen LogP contribution in [0.5, 0.6) is 5.75 Å². The normalized spacial score (nSPS) is 12.5. The number of hydrogen-bond donors (Lipinski definition) is 2. The summed E-state index contributed by atoms with van der Waals surface area (Å²) in [5, 5.41) is 0. The molecule has 0 aromatic heterocycles. The molecule has 0 heterocycles. The summed E-state index contributed by atoms with van der Waals surface area (Å²) >= 11 is 0. The van der Waals surface area contributed by atoms with Crippen molar-refractivity contribution in [3.05, 3.63) is 65.2 Å². The van der Waals surface area contributed by atoms with Crippen molar-refractivity contribution in [1.29, 1.82) is 0 Å². The Morgan fingerprint density at radius 1 is 0.905 bits per heavy atom. The molecular formula is C14H12F4N2O. The van der Waals surface area contributed by atoms with E-state index in [0.717, 1.165) is 12.1 Å². The molecule has 112 valence electrons. The first-order valence-corrected chi connectivity index (χ1v) is 5.97. The number of alkyl halides is 2. The third-order valence-corrected chi connectivity index (χ3v) is 2.88. The number of nitrogens with one attached hydrogen (secondary N) is 1. The summed E-state index contributed by atoms with van der Waals surface area (Å²) in [7, 11) is 0. The average molecular weight is 300 g/mol. The Balaban J connectivity index is 2.26. The summed E-state index contributed by atoms with van der Waals surface area (Å²) in [4.78, 5) is 0. The van der Waals surface area contributed by atoms with Gasteiger partial charge in [-0.15, -0.1) is 0 Å². The Kier molecular flexibility index (Phi) is 4.77. The average Bonchev–Trinajstić information content (AvgIpc) is 2.45. The van der Waals surface area contributed by atoms with Crippen LogP contribution < -0.4 is 16.0 Å². The van der Waals surface area contributed by atoms with Gasteiger partial charge in [-0.2, -0.15) is 8.78 Å². The summed E-state index contributed by atoms with van der Waals surface area (Å²) < 4.78 is 54.5. The van der Waals surface area contributed by atoms with Crippen molar-refractivity contribution < 1.29 is 22.3 Å². The highest BCUT2D eigenvalue weighted by Crippen LogP contribution is 2.25. The third-order valence-electron chi connectivity index (χ3n) is 2.88. The monoisotopic (exact) mass is 300 g/mol. The zero-order valence-corrected chi connectivity index (χ0v) is 10.7. The summed E-state index contributed by atoms with van der Waals surface area (Å²) in [6, 6.07) is 8.46. The van der Waals surface area contributed by atoms with E-state index in [2.05, 4.69) is 10.2 Å². The third kappa shape index (κ3) is 3.71. The van der Waals surface area contributed by atoms with Gasteiger partial charge in [0.25, 0.3) is 0 Å². The summed E-state index contributed by atoms with van der Waals surface area (Å²) in [6.07, 6.45) is 0. The van der Waals surface area contributed by atoms with Gasteiger partial charge in [-0.05, 0) is 35.4 Å². The highest BCUT2D eigenvalue weighted by Gasteiger charge is 2.15. The van der Waals surface area contributed by atoms with Crippen LogP contribution in [0.3, 0.4) is 0 Å². The number of rotatable bonds is 5. The Bertz CT molecular complexity index is 604. The SMILES string of the molecule is NNC(c1ccc(OC(F)F)cc1)c1ccc(F)c(F)c1. The Hall–Kier alpha value is -2.12. The molecule has 0 saturated carbocycles. The highest BCUT2D eigenvalue weighted by atomic mass is 19.3. The molecule has 0 aliphatic heterocycles. The maximum Gasteiger partial charge on any atom is 0.387 e. The fourth-order valence-electron chi connectivity index (χ4n) is 1.92. The molecule has 0 aliphatic rings. The van der Waals surface area contributed by atoms with Crippen LogP contribution in [0.2, 0.25) is 0 Å². The second kappa shape index (κ2) is 6.55. The lowest BCUT2D eigenvalue weighted by atomic mass is 9.99. The van der Waals surface area contributed by atoms with Crippen LogP contribution in [-0.2, 0) is 0 Å². The lowest BCUT2D eigenvalue weighted by Crippen LogP contribution is -2.28. The smallest absolute Gasteiger partial charge is 0.387 e. The lowest BCUT2D eigenvalue weighted by molar-refractivity contribution is -0.0498. The number of nitrogens with two attached hydrogens (primary N) is 1. The van der Waals surface area contributed by atoms with Gasteiger partial charge in [-0.25, -0.2) is 14.2 Å². The molecule has 0 saturated heterocycles. The van der Waals surface area contributed by atoms with Gasteiger partial charge in [0.05, 0.1) is 6.04 Å². The molecule has 0 aliphatic carbocycles. The zero-order chi connectivity index (χ0) is 15.4. The standard InChI is InChI=1S/C14H12F4N2O/c15-11-6-3-9(7-12(11)16)13(20-19)8-1-4-10(5-2-8)21-14(17)18/h1-7,13-14,20H,19H2.